The Labute approximate surface area is 160 Å². The second-order valence-corrected chi connectivity index (χ2v) is 8.24. The van der Waals surface area contributed by atoms with Gasteiger partial charge in [-0.25, -0.2) is 4.89 Å². The molecule has 4 nitrogen and oxygen atoms in total. The molecule has 27 heavy (non-hydrogen) atoms. The lowest BCUT2D eigenvalue weighted by atomic mass is 9.39. The van der Waals surface area contributed by atoms with Crippen molar-refractivity contribution in [3.63, 3.8) is 0 Å². The Bertz CT molecular complexity index is 1030. The van der Waals surface area contributed by atoms with Gasteiger partial charge in [0.05, 0.1) is 19.8 Å². The van der Waals surface area contributed by atoms with Crippen LogP contribution in [0, 0.1) is 0 Å². The zero-order valence-corrected chi connectivity index (χ0v) is 16.8. The van der Waals surface area contributed by atoms with E-state index in [2.05, 4.69) is 64.1 Å². The first-order chi connectivity index (χ1) is 12.8. The van der Waals surface area contributed by atoms with Crippen molar-refractivity contribution in [2.75, 3.05) is 14.2 Å². The molecular formula is C22H25BO4. The van der Waals surface area contributed by atoms with Crippen molar-refractivity contribution in [1.82, 2.24) is 0 Å². The summed E-state index contributed by atoms with van der Waals surface area (Å²) in [5.41, 5.74) is 0.530. The number of methoxy groups -OCH3 is 2. The fourth-order valence-electron chi connectivity index (χ4n) is 3.82. The van der Waals surface area contributed by atoms with Crippen LogP contribution in [-0.4, -0.2) is 26.7 Å². The van der Waals surface area contributed by atoms with Crippen molar-refractivity contribution in [3.8, 4) is 11.5 Å². The van der Waals surface area contributed by atoms with E-state index in [1.54, 1.807) is 14.2 Å². The van der Waals surface area contributed by atoms with Crippen molar-refractivity contribution in [1.29, 1.82) is 0 Å². The molecule has 1 saturated heterocycles. The lowest BCUT2D eigenvalue weighted by molar-refractivity contribution is -0.261. The quantitative estimate of drug-likeness (QED) is 0.383. The zero-order valence-electron chi connectivity index (χ0n) is 16.8. The highest BCUT2D eigenvalue weighted by molar-refractivity contribution is 6.74. The van der Waals surface area contributed by atoms with Crippen LogP contribution < -0.4 is 14.9 Å². The lowest BCUT2D eigenvalue weighted by Crippen LogP contribution is -2.45. The maximum absolute atomic E-state index is 5.90. The third kappa shape index (κ3) is 2.60. The number of hydrogen-bond acceptors (Lipinski definition) is 4. The number of rotatable bonds is 3. The Morgan fingerprint density at radius 3 is 2.07 bits per heavy atom. The molecule has 1 aliphatic heterocycles. The zero-order chi connectivity index (χ0) is 19.4. The molecule has 0 unspecified atom stereocenters. The van der Waals surface area contributed by atoms with Gasteiger partial charge in [-0.3, -0.25) is 4.81 Å². The van der Waals surface area contributed by atoms with Gasteiger partial charge in [-0.1, -0.05) is 38.1 Å². The molecule has 0 N–H and O–H groups in total. The molecule has 0 amide bonds. The fourth-order valence-corrected chi connectivity index (χ4v) is 3.82. The van der Waals surface area contributed by atoms with E-state index >= 15 is 0 Å². The van der Waals surface area contributed by atoms with Gasteiger partial charge in [-0.15, -0.1) is 0 Å². The van der Waals surface area contributed by atoms with Gasteiger partial charge >= 0.3 is 6.92 Å². The third-order valence-corrected chi connectivity index (χ3v) is 6.21. The highest BCUT2D eigenvalue weighted by Crippen LogP contribution is 2.50. The molecule has 3 aromatic rings. The van der Waals surface area contributed by atoms with Crippen molar-refractivity contribution in [2.24, 2.45) is 0 Å². The van der Waals surface area contributed by atoms with Crippen LogP contribution in [0.3, 0.4) is 0 Å². The largest absolute Gasteiger partial charge is 0.493 e. The van der Waals surface area contributed by atoms with Crippen LogP contribution in [0.5, 0.6) is 11.5 Å². The van der Waals surface area contributed by atoms with E-state index in [1.165, 1.54) is 10.8 Å². The first-order valence-corrected chi connectivity index (χ1v) is 9.22. The predicted octanol–water partition coefficient (Wildman–Crippen LogP) is 4.73. The first kappa shape index (κ1) is 18.1. The fraction of sp³-hybridized carbons (Fsp3) is 0.364. The van der Waals surface area contributed by atoms with E-state index in [1.807, 2.05) is 6.07 Å². The molecule has 1 heterocycles. The lowest BCUT2D eigenvalue weighted by Gasteiger charge is -2.32. The molecule has 1 aliphatic rings. The Balaban J connectivity index is 2.09. The summed E-state index contributed by atoms with van der Waals surface area (Å²) in [7, 11) is 3.33. The molecule has 5 heteroatoms. The van der Waals surface area contributed by atoms with E-state index in [-0.39, 0.29) is 12.2 Å². The molecule has 4 rings (SSSR count). The smallest absolute Gasteiger partial charge is 0.386 e. The third-order valence-electron chi connectivity index (χ3n) is 6.21. The topological polar surface area (TPSA) is 36.9 Å². The van der Waals surface area contributed by atoms with E-state index in [0.29, 0.717) is 11.5 Å². The van der Waals surface area contributed by atoms with Gasteiger partial charge in [0.1, 0.15) is 0 Å². The predicted molar refractivity (Wildman–Crippen MR) is 110 cm³/mol. The number of hydrogen-bond donors (Lipinski definition) is 0. The maximum Gasteiger partial charge on any atom is 0.386 e. The van der Waals surface area contributed by atoms with Gasteiger partial charge in [-0.05, 0) is 53.6 Å². The highest BCUT2D eigenvalue weighted by atomic mass is 17.2. The van der Waals surface area contributed by atoms with Gasteiger partial charge in [0, 0.05) is 10.8 Å². The van der Waals surface area contributed by atoms with Crippen LogP contribution in [0.4, 0.5) is 0 Å². The van der Waals surface area contributed by atoms with Crippen LogP contribution in [0.2, 0.25) is 5.31 Å². The van der Waals surface area contributed by atoms with Gasteiger partial charge in [0.2, 0.25) is 0 Å². The summed E-state index contributed by atoms with van der Waals surface area (Å²) < 4.78 is 11.5. The van der Waals surface area contributed by atoms with Gasteiger partial charge < -0.3 is 9.47 Å². The molecule has 140 valence electrons. The molecule has 0 spiro atoms. The average Bonchev–Trinajstić information content (AvgIpc) is 2.86. The molecule has 0 saturated carbocycles. The Morgan fingerprint density at radius 2 is 1.52 bits per heavy atom. The number of ether oxygens (including phenoxy) is 2. The molecular weight excluding hydrogens is 339 g/mol. The Morgan fingerprint density at radius 1 is 0.852 bits per heavy atom. The summed E-state index contributed by atoms with van der Waals surface area (Å²) in [6.45, 7) is 8.14. The summed E-state index contributed by atoms with van der Waals surface area (Å²) in [5, 5.41) is 4.27. The van der Waals surface area contributed by atoms with Crippen molar-refractivity contribution in [2.45, 2.75) is 38.6 Å². The number of benzene rings is 3. The van der Waals surface area contributed by atoms with Gasteiger partial charge in [0.15, 0.2) is 11.5 Å². The molecule has 0 atom stereocenters. The minimum atomic E-state index is -0.436. The van der Waals surface area contributed by atoms with Gasteiger partial charge in [0.25, 0.3) is 0 Å². The minimum absolute atomic E-state index is 0.273. The monoisotopic (exact) mass is 364 g/mol. The van der Waals surface area contributed by atoms with E-state index in [0.717, 1.165) is 16.2 Å². The van der Waals surface area contributed by atoms with Crippen molar-refractivity contribution in [3.05, 3.63) is 42.5 Å². The molecule has 0 bridgehead atoms. The summed E-state index contributed by atoms with van der Waals surface area (Å²) in [6, 6.07) is 14.8. The van der Waals surface area contributed by atoms with Crippen LogP contribution >= 0.6 is 0 Å². The van der Waals surface area contributed by atoms with E-state index in [9.17, 15) is 0 Å². The van der Waals surface area contributed by atoms with E-state index in [4.69, 9.17) is 19.2 Å². The minimum Gasteiger partial charge on any atom is -0.493 e. The normalized spacial score (nSPS) is 18.2. The molecule has 0 aliphatic carbocycles. The Kier molecular flexibility index (Phi) is 4.13. The molecule has 3 aromatic carbocycles. The second-order valence-electron chi connectivity index (χ2n) is 8.24. The summed E-state index contributed by atoms with van der Waals surface area (Å²) >= 11 is 0. The van der Waals surface area contributed by atoms with Crippen LogP contribution in [0.25, 0.3) is 21.5 Å². The standard InChI is InChI=1S/C22H25BO4/c1-21(2)22(3,4)26-27-23(21)19-17-12-15-10-8-7-9-14(15)11-16(17)13-18(24-5)20(19)25-6/h7-13H,1-6H3. The second kappa shape index (κ2) is 6.15. The highest BCUT2D eigenvalue weighted by Gasteiger charge is 2.57. The average molecular weight is 364 g/mol. The molecule has 0 radical (unpaired) electrons. The SMILES string of the molecule is COc1cc2cc3ccccc3cc2c(B2OOC(C)(C)C2(C)C)c1OC. The van der Waals surface area contributed by atoms with Crippen molar-refractivity contribution < 1.29 is 19.2 Å². The van der Waals surface area contributed by atoms with Crippen LogP contribution in [0.1, 0.15) is 27.7 Å². The van der Waals surface area contributed by atoms with Crippen LogP contribution in [-0.2, 0) is 9.69 Å². The molecule has 1 fully saturated rings. The van der Waals surface area contributed by atoms with Crippen LogP contribution in [0.15, 0.2) is 42.5 Å². The van der Waals surface area contributed by atoms with Crippen molar-refractivity contribution >= 4 is 33.9 Å². The number of fused-ring (bicyclic) bond motifs is 2. The maximum atomic E-state index is 5.90. The summed E-state index contributed by atoms with van der Waals surface area (Å²) in [4.78, 5) is 11.6. The summed E-state index contributed by atoms with van der Waals surface area (Å²) in [6.07, 6.45) is 0. The molecule has 0 aromatic heterocycles. The summed E-state index contributed by atoms with van der Waals surface area (Å²) in [5.74, 6) is 1.39. The van der Waals surface area contributed by atoms with Gasteiger partial charge in [-0.2, -0.15) is 0 Å². The first-order valence-electron chi connectivity index (χ1n) is 9.22. The van der Waals surface area contributed by atoms with E-state index < -0.39 is 5.60 Å². The Hall–Kier alpha value is -2.24.